The van der Waals surface area contributed by atoms with E-state index < -0.39 is 0 Å². The lowest BCUT2D eigenvalue weighted by atomic mass is 9.99. The van der Waals surface area contributed by atoms with Crippen LogP contribution in [-0.2, 0) is 0 Å². The highest BCUT2D eigenvalue weighted by Crippen LogP contribution is 2.24. The zero-order chi connectivity index (χ0) is 14.5. The second-order valence-corrected chi connectivity index (χ2v) is 4.99. The molecule has 0 aliphatic heterocycles. The first-order chi connectivity index (χ1) is 10.3. The van der Waals surface area contributed by atoms with E-state index in [2.05, 4.69) is 51.5 Å². The first-order valence-corrected chi connectivity index (χ1v) is 7.05. The lowest BCUT2D eigenvalue weighted by Gasteiger charge is -2.23. The van der Waals surface area contributed by atoms with Gasteiger partial charge in [-0.1, -0.05) is 30.3 Å². The van der Waals surface area contributed by atoms with Gasteiger partial charge in [0.25, 0.3) is 0 Å². The molecule has 0 radical (unpaired) electrons. The average molecular weight is 278 g/mol. The van der Waals surface area contributed by atoms with Gasteiger partial charge in [0, 0.05) is 24.8 Å². The SMILES string of the molecule is CC(NC(c1ccccc1)c1ccncc1)c1ncc[nH]1. The van der Waals surface area contributed by atoms with Crippen molar-refractivity contribution >= 4 is 0 Å². The van der Waals surface area contributed by atoms with Crippen molar-refractivity contribution in [1.82, 2.24) is 20.3 Å². The van der Waals surface area contributed by atoms with Crippen LogP contribution in [-0.4, -0.2) is 15.0 Å². The van der Waals surface area contributed by atoms with Crippen molar-refractivity contribution in [2.24, 2.45) is 0 Å². The van der Waals surface area contributed by atoms with E-state index in [4.69, 9.17) is 0 Å². The molecule has 2 heterocycles. The number of hydrogen-bond acceptors (Lipinski definition) is 3. The fraction of sp³-hybridized carbons (Fsp3) is 0.176. The third-order valence-corrected chi connectivity index (χ3v) is 3.52. The summed E-state index contributed by atoms with van der Waals surface area (Å²) >= 11 is 0. The minimum absolute atomic E-state index is 0.106. The van der Waals surface area contributed by atoms with Gasteiger partial charge in [0.1, 0.15) is 5.82 Å². The van der Waals surface area contributed by atoms with Gasteiger partial charge in [-0.3, -0.25) is 10.3 Å². The zero-order valence-corrected chi connectivity index (χ0v) is 11.9. The normalized spacial score (nSPS) is 13.8. The number of aromatic amines is 1. The summed E-state index contributed by atoms with van der Waals surface area (Å²) in [5.74, 6) is 0.935. The smallest absolute Gasteiger partial charge is 0.122 e. The Hall–Kier alpha value is -2.46. The molecule has 0 saturated carbocycles. The van der Waals surface area contributed by atoms with Crippen molar-refractivity contribution in [3.8, 4) is 0 Å². The maximum atomic E-state index is 4.33. The molecule has 2 N–H and O–H groups in total. The van der Waals surface area contributed by atoms with E-state index in [-0.39, 0.29) is 12.1 Å². The fourth-order valence-electron chi connectivity index (χ4n) is 2.43. The van der Waals surface area contributed by atoms with Gasteiger partial charge in [-0.05, 0) is 30.2 Å². The highest BCUT2D eigenvalue weighted by atomic mass is 15.0. The summed E-state index contributed by atoms with van der Waals surface area (Å²) in [5.41, 5.74) is 2.41. The van der Waals surface area contributed by atoms with Crippen molar-refractivity contribution in [1.29, 1.82) is 0 Å². The molecule has 4 nitrogen and oxygen atoms in total. The summed E-state index contributed by atoms with van der Waals surface area (Å²) < 4.78 is 0. The number of aromatic nitrogens is 3. The first kappa shape index (κ1) is 13.5. The van der Waals surface area contributed by atoms with E-state index in [1.54, 1.807) is 6.20 Å². The van der Waals surface area contributed by atoms with E-state index in [1.165, 1.54) is 11.1 Å². The van der Waals surface area contributed by atoms with Crippen LogP contribution in [0.25, 0.3) is 0 Å². The number of benzene rings is 1. The molecule has 106 valence electrons. The molecule has 3 rings (SSSR count). The number of nitrogens with zero attached hydrogens (tertiary/aromatic N) is 2. The maximum absolute atomic E-state index is 4.33. The van der Waals surface area contributed by atoms with Gasteiger partial charge in [-0.25, -0.2) is 4.98 Å². The molecule has 2 unspecified atom stereocenters. The second-order valence-electron chi connectivity index (χ2n) is 4.99. The van der Waals surface area contributed by atoms with Crippen LogP contribution in [0, 0.1) is 0 Å². The van der Waals surface area contributed by atoms with Crippen LogP contribution in [0.2, 0.25) is 0 Å². The van der Waals surface area contributed by atoms with Crippen LogP contribution in [0.3, 0.4) is 0 Å². The number of pyridine rings is 1. The number of H-pyrrole nitrogens is 1. The van der Waals surface area contributed by atoms with Crippen molar-refractivity contribution < 1.29 is 0 Å². The molecule has 0 saturated heterocycles. The lowest BCUT2D eigenvalue weighted by Crippen LogP contribution is -2.26. The number of nitrogens with one attached hydrogen (secondary N) is 2. The quantitative estimate of drug-likeness (QED) is 0.753. The topological polar surface area (TPSA) is 53.6 Å². The highest BCUT2D eigenvalue weighted by Gasteiger charge is 2.18. The molecule has 4 heteroatoms. The van der Waals surface area contributed by atoms with Crippen molar-refractivity contribution in [3.63, 3.8) is 0 Å². The minimum atomic E-state index is 0.106. The standard InChI is InChI=1S/C17H18N4/c1-13(17-19-11-12-20-17)21-16(14-5-3-2-4-6-14)15-7-9-18-10-8-15/h2-13,16,21H,1H3,(H,19,20). The Morgan fingerprint density at radius 1 is 0.952 bits per heavy atom. The van der Waals surface area contributed by atoms with Gasteiger partial charge in [0.2, 0.25) is 0 Å². The van der Waals surface area contributed by atoms with Crippen molar-refractivity contribution in [3.05, 3.63) is 84.2 Å². The van der Waals surface area contributed by atoms with Gasteiger partial charge in [-0.2, -0.15) is 0 Å². The first-order valence-electron chi connectivity index (χ1n) is 7.05. The predicted molar refractivity (Wildman–Crippen MR) is 82.7 cm³/mol. The maximum Gasteiger partial charge on any atom is 0.122 e. The summed E-state index contributed by atoms with van der Waals surface area (Å²) in [7, 11) is 0. The number of hydrogen-bond donors (Lipinski definition) is 2. The molecule has 0 aliphatic carbocycles. The Balaban J connectivity index is 1.90. The fourth-order valence-corrected chi connectivity index (χ4v) is 2.43. The van der Waals surface area contributed by atoms with Gasteiger partial charge in [-0.15, -0.1) is 0 Å². The Kier molecular flexibility index (Phi) is 4.07. The van der Waals surface area contributed by atoms with Crippen LogP contribution in [0.15, 0.2) is 67.3 Å². The summed E-state index contributed by atoms with van der Waals surface area (Å²) in [4.78, 5) is 11.6. The number of imidazole rings is 1. The van der Waals surface area contributed by atoms with E-state index in [1.807, 2.05) is 36.8 Å². The lowest BCUT2D eigenvalue weighted by molar-refractivity contribution is 0.499. The molecule has 3 aromatic rings. The van der Waals surface area contributed by atoms with E-state index >= 15 is 0 Å². The summed E-state index contributed by atoms with van der Waals surface area (Å²) in [6, 6.07) is 14.7. The molecule has 1 aromatic carbocycles. The summed E-state index contributed by atoms with van der Waals surface area (Å²) in [5, 5.41) is 3.63. The number of rotatable bonds is 5. The molecule has 0 spiro atoms. The average Bonchev–Trinajstić information content (AvgIpc) is 3.09. The molecular weight excluding hydrogens is 260 g/mol. The van der Waals surface area contributed by atoms with Crippen LogP contribution in [0.5, 0.6) is 0 Å². The van der Waals surface area contributed by atoms with Gasteiger partial charge < -0.3 is 4.98 Å². The van der Waals surface area contributed by atoms with Crippen LogP contribution in [0.4, 0.5) is 0 Å². The van der Waals surface area contributed by atoms with E-state index in [0.29, 0.717) is 0 Å². The Labute approximate surface area is 124 Å². The molecule has 2 atom stereocenters. The molecule has 2 aromatic heterocycles. The molecular formula is C17H18N4. The van der Waals surface area contributed by atoms with Gasteiger partial charge in [0.05, 0.1) is 12.1 Å². The largest absolute Gasteiger partial charge is 0.347 e. The third-order valence-electron chi connectivity index (χ3n) is 3.52. The molecule has 0 bridgehead atoms. The van der Waals surface area contributed by atoms with Gasteiger partial charge >= 0.3 is 0 Å². The summed E-state index contributed by atoms with van der Waals surface area (Å²) in [6.45, 7) is 2.11. The summed E-state index contributed by atoms with van der Waals surface area (Å²) in [6.07, 6.45) is 7.27. The monoisotopic (exact) mass is 278 g/mol. The minimum Gasteiger partial charge on any atom is -0.347 e. The predicted octanol–water partition coefficient (Wildman–Crippen LogP) is 3.24. The van der Waals surface area contributed by atoms with Gasteiger partial charge in [0.15, 0.2) is 0 Å². The molecule has 0 amide bonds. The molecule has 0 fully saturated rings. The van der Waals surface area contributed by atoms with Crippen LogP contribution >= 0.6 is 0 Å². The highest BCUT2D eigenvalue weighted by molar-refractivity contribution is 5.30. The Bertz CT molecular complexity index is 610. The van der Waals surface area contributed by atoms with Crippen molar-refractivity contribution in [2.45, 2.75) is 19.0 Å². The van der Waals surface area contributed by atoms with Crippen LogP contribution < -0.4 is 5.32 Å². The Morgan fingerprint density at radius 2 is 1.67 bits per heavy atom. The molecule has 0 aliphatic rings. The Morgan fingerprint density at radius 3 is 2.33 bits per heavy atom. The van der Waals surface area contributed by atoms with E-state index in [0.717, 1.165) is 5.82 Å². The third kappa shape index (κ3) is 3.17. The molecule has 21 heavy (non-hydrogen) atoms. The zero-order valence-electron chi connectivity index (χ0n) is 11.9. The second kappa shape index (κ2) is 6.33. The van der Waals surface area contributed by atoms with E-state index in [9.17, 15) is 0 Å². The van der Waals surface area contributed by atoms with Crippen molar-refractivity contribution in [2.75, 3.05) is 0 Å². The van der Waals surface area contributed by atoms with Crippen LogP contribution in [0.1, 0.15) is 36.0 Å².